The summed E-state index contributed by atoms with van der Waals surface area (Å²) in [7, 11) is 2.65. The molecular formula is C15H22N2O6S. The second kappa shape index (κ2) is 8.67. The highest BCUT2D eigenvalue weighted by Gasteiger charge is 2.23. The molecule has 0 aromatic heterocycles. The van der Waals surface area contributed by atoms with Crippen molar-refractivity contribution in [2.75, 3.05) is 41.4 Å². The molecule has 0 aliphatic carbocycles. The first kappa shape index (κ1) is 19.9. The number of sulfonamides is 1. The Labute approximate surface area is 141 Å². The lowest BCUT2D eigenvalue weighted by atomic mass is 10.2. The number of methoxy groups -OCH3 is 2. The molecule has 134 valence electrons. The third-order valence-electron chi connectivity index (χ3n) is 3.09. The fourth-order valence-electron chi connectivity index (χ4n) is 1.92. The molecule has 0 unspecified atom stereocenters. The van der Waals surface area contributed by atoms with E-state index in [2.05, 4.69) is 4.72 Å². The second-order valence-electron chi connectivity index (χ2n) is 5.26. The molecule has 0 atom stereocenters. The van der Waals surface area contributed by atoms with Gasteiger partial charge in [-0.1, -0.05) is 6.08 Å². The molecule has 0 spiro atoms. The Kier molecular flexibility index (Phi) is 7.20. The van der Waals surface area contributed by atoms with Crippen LogP contribution in [0.1, 0.15) is 5.56 Å². The standard InChI is InChI=1S/C15H22N2O6S/c1-17(2)8-7-16-24(20,21)13-10-11(5-6-14(18)19)9-12(22-3)15(13)23-4/h5-6,9-10,16H,7-8H2,1-4H3,(H,18,19)/b6-5+. The van der Waals surface area contributed by atoms with Crippen molar-refractivity contribution in [2.45, 2.75) is 4.90 Å². The van der Waals surface area contributed by atoms with Crippen LogP contribution in [0, 0.1) is 0 Å². The van der Waals surface area contributed by atoms with E-state index in [0.717, 1.165) is 11.0 Å². The van der Waals surface area contributed by atoms with Crippen molar-refractivity contribution in [3.8, 4) is 11.5 Å². The number of carboxylic acids is 1. The van der Waals surface area contributed by atoms with Gasteiger partial charge in [-0.05, 0) is 23.8 Å². The number of nitrogens with one attached hydrogen (secondary N) is 2. The minimum absolute atomic E-state index is 0.0489. The molecule has 0 amide bonds. The highest BCUT2D eigenvalue weighted by Crippen LogP contribution is 2.35. The zero-order chi connectivity index (χ0) is 18.3. The first-order valence-corrected chi connectivity index (χ1v) is 8.63. The average molecular weight is 358 g/mol. The Hall–Kier alpha value is -2.10. The zero-order valence-corrected chi connectivity index (χ0v) is 14.9. The largest absolute Gasteiger partial charge is 0.545 e. The Balaban J connectivity index is 3.32. The summed E-state index contributed by atoms with van der Waals surface area (Å²) in [5.74, 6) is -1.16. The quantitative estimate of drug-likeness (QED) is 0.489. The van der Waals surface area contributed by atoms with Crippen molar-refractivity contribution >= 4 is 22.1 Å². The lowest BCUT2D eigenvalue weighted by molar-refractivity contribution is -0.856. The summed E-state index contributed by atoms with van der Waals surface area (Å²) in [6.07, 6.45) is 2.03. The predicted octanol–water partition coefficient (Wildman–Crippen LogP) is -2.11. The van der Waals surface area contributed by atoms with Crippen LogP contribution in [0.15, 0.2) is 23.1 Å². The summed E-state index contributed by atoms with van der Waals surface area (Å²) in [5, 5.41) is 10.6. The molecule has 0 bridgehead atoms. The number of carbonyl (C=O) groups excluding carboxylic acids is 1. The van der Waals surface area contributed by atoms with Gasteiger partial charge in [0.1, 0.15) is 4.90 Å². The molecule has 1 aromatic carbocycles. The van der Waals surface area contributed by atoms with Gasteiger partial charge in [-0.25, -0.2) is 13.1 Å². The number of ether oxygens (including phenoxy) is 2. The van der Waals surface area contributed by atoms with Crippen LogP contribution in [0.5, 0.6) is 11.5 Å². The van der Waals surface area contributed by atoms with Crippen molar-refractivity contribution in [2.24, 2.45) is 0 Å². The summed E-state index contributed by atoms with van der Waals surface area (Å²) in [6, 6.07) is 2.78. The topological polar surface area (TPSA) is 109 Å². The first-order valence-electron chi connectivity index (χ1n) is 7.15. The summed E-state index contributed by atoms with van der Waals surface area (Å²) >= 11 is 0. The van der Waals surface area contributed by atoms with E-state index in [4.69, 9.17) is 9.47 Å². The number of carbonyl (C=O) groups is 1. The van der Waals surface area contributed by atoms with Crippen LogP contribution >= 0.6 is 0 Å². The number of benzene rings is 1. The SMILES string of the molecule is COc1cc(/C=C/C(=O)[O-])cc(S(=O)(=O)NCC[NH+](C)C)c1OC. The summed E-state index contributed by atoms with van der Waals surface area (Å²) in [6.45, 7) is 0.845. The first-order chi connectivity index (χ1) is 11.2. The van der Waals surface area contributed by atoms with Gasteiger partial charge >= 0.3 is 0 Å². The lowest BCUT2D eigenvalue weighted by Crippen LogP contribution is -3.06. The van der Waals surface area contributed by atoms with Crippen molar-refractivity contribution in [1.82, 2.24) is 4.72 Å². The van der Waals surface area contributed by atoms with E-state index in [1.807, 2.05) is 14.1 Å². The highest BCUT2D eigenvalue weighted by atomic mass is 32.2. The molecule has 0 fully saturated rings. The van der Waals surface area contributed by atoms with Crippen LogP contribution in [-0.2, 0) is 14.8 Å². The van der Waals surface area contributed by atoms with E-state index >= 15 is 0 Å². The van der Waals surface area contributed by atoms with Crippen LogP contribution < -0.4 is 24.2 Å². The molecule has 1 rings (SSSR count). The predicted molar refractivity (Wildman–Crippen MR) is 86.5 cm³/mol. The Morgan fingerprint density at radius 2 is 1.96 bits per heavy atom. The van der Waals surface area contributed by atoms with Crippen molar-refractivity contribution in [3.63, 3.8) is 0 Å². The smallest absolute Gasteiger partial charge is 0.244 e. The highest BCUT2D eigenvalue weighted by molar-refractivity contribution is 7.89. The number of rotatable bonds is 9. The van der Waals surface area contributed by atoms with Crippen LogP contribution in [0.3, 0.4) is 0 Å². The molecule has 0 aliphatic rings. The zero-order valence-electron chi connectivity index (χ0n) is 14.1. The molecule has 9 heteroatoms. The minimum Gasteiger partial charge on any atom is -0.545 e. The van der Waals surface area contributed by atoms with Gasteiger partial charge in [0.15, 0.2) is 11.5 Å². The van der Waals surface area contributed by atoms with Crippen molar-refractivity contribution < 1.29 is 32.7 Å². The third-order valence-corrected chi connectivity index (χ3v) is 4.55. The van der Waals surface area contributed by atoms with Crippen molar-refractivity contribution in [1.29, 1.82) is 0 Å². The lowest BCUT2D eigenvalue weighted by Gasteiger charge is -2.15. The molecule has 0 saturated carbocycles. The maximum Gasteiger partial charge on any atom is 0.244 e. The Morgan fingerprint density at radius 3 is 2.46 bits per heavy atom. The van der Waals surface area contributed by atoms with E-state index in [0.29, 0.717) is 12.1 Å². The van der Waals surface area contributed by atoms with E-state index in [9.17, 15) is 18.3 Å². The number of hydrogen-bond donors (Lipinski definition) is 2. The molecule has 0 radical (unpaired) electrons. The summed E-state index contributed by atoms with van der Waals surface area (Å²) < 4.78 is 37.9. The molecule has 8 nitrogen and oxygen atoms in total. The number of likely N-dealkylation sites (N-methyl/N-ethyl adjacent to an activating group) is 1. The van der Waals surface area contributed by atoms with Gasteiger partial charge in [-0.2, -0.15) is 0 Å². The average Bonchev–Trinajstić information content (AvgIpc) is 2.51. The van der Waals surface area contributed by atoms with Crippen LogP contribution in [0.4, 0.5) is 0 Å². The minimum atomic E-state index is -3.86. The maximum atomic E-state index is 12.5. The van der Waals surface area contributed by atoms with E-state index < -0.39 is 16.0 Å². The number of carboxylic acid groups (broad SMARTS) is 1. The van der Waals surface area contributed by atoms with Gasteiger partial charge in [0, 0.05) is 0 Å². The van der Waals surface area contributed by atoms with Crippen LogP contribution in [-0.4, -0.2) is 55.8 Å². The number of quaternary nitrogens is 1. The normalized spacial score (nSPS) is 11.9. The monoisotopic (exact) mass is 358 g/mol. The Bertz CT molecular complexity index is 713. The fraction of sp³-hybridized carbons (Fsp3) is 0.400. The molecule has 2 N–H and O–H groups in total. The maximum absolute atomic E-state index is 12.5. The Morgan fingerprint density at radius 1 is 1.29 bits per heavy atom. The molecular weight excluding hydrogens is 336 g/mol. The van der Waals surface area contributed by atoms with Gasteiger partial charge in [0.2, 0.25) is 10.0 Å². The van der Waals surface area contributed by atoms with Gasteiger partial charge in [0.05, 0.1) is 47.4 Å². The van der Waals surface area contributed by atoms with Crippen LogP contribution in [0.2, 0.25) is 0 Å². The molecule has 0 aliphatic heterocycles. The summed E-state index contributed by atoms with van der Waals surface area (Å²) in [4.78, 5) is 11.5. The number of hydrogen-bond acceptors (Lipinski definition) is 6. The van der Waals surface area contributed by atoms with Gasteiger partial charge < -0.3 is 24.3 Å². The summed E-state index contributed by atoms with van der Waals surface area (Å²) in [5.41, 5.74) is 0.329. The van der Waals surface area contributed by atoms with Crippen LogP contribution in [0.25, 0.3) is 6.08 Å². The van der Waals surface area contributed by atoms with E-state index in [-0.39, 0.29) is 22.9 Å². The molecule has 0 heterocycles. The third kappa shape index (κ3) is 5.52. The van der Waals surface area contributed by atoms with E-state index in [1.165, 1.54) is 32.4 Å². The van der Waals surface area contributed by atoms with Crippen molar-refractivity contribution in [3.05, 3.63) is 23.8 Å². The van der Waals surface area contributed by atoms with E-state index in [1.54, 1.807) is 0 Å². The second-order valence-corrected chi connectivity index (χ2v) is 7.00. The molecule has 24 heavy (non-hydrogen) atoms. The van der Waals surface area contributed by atoms with Gasteiger partial charge in [-0.15, -0.1) is 0 Å². The molecule has 1 aromatic rings. The fourth-order valence-corrected chi connectivity index (χ4v) is 3.17. The number of aliphatic carboxylic acids is 1. The van der Waals surface area contributed by atoms with Gasteiger partial charge in [-0.3, -0.25) is 0 Å². The van der Waals surface area contributed by atoms with Gasteiger partial charge in [0.25, 0.3) is 0 Å². The molecule has 0 saturated heterocycles.